The monoisotopic (exact) mass is 388 g/mol. The first-order valence-corrected chi connectivity index (χ1v) is 9.02. The Balaban J connectivity index is 1.89. The lowest BCUT2D eigenvalue weighted by atomic mass is 9.87. The van der Waals surface area contributed by atoms with Crippen LogP contribution in [0.3, 0.4) is 0 Å². The van der Waals surface area contributed by atoms with Gasteiger partial charge in [-0.3, -0.25) is 0 Å². The van der Waals surface area contributed by atoms with E-state index in [0.29, 0.717) is 5.39 Å². The zero-order chi connectivity index (χ0) is 20.6. The minimum atomic E-state index is -4.89. The van der Waals surface area contributed by atoms with Gasteiger partial charge in [0.15, 0.2) is 0 Å². The molecule has 0 saturated heterocycles. The first kappa shape index (κ1) is 20.2. The standard InChI is InChI=1S/C23H23F3O2/c1-21(2,3)18-10-12-20(13-11-18)28-15-22(27,23(24,25)26)19-9-8-16-6-4-5-7-17(16)14-19/h4-14,27H,15H2,1-3H3. The fourth-order valence-corrected chi connectivity index (χ4v) is 3.01. The lowest BCUT2D eigenvalue weighted by molar-refractivity contribution is -0.275. The Hall–Kier alpha value is -2.53. The van der Waals surface area contributed by atoms with Crippen LogP contribution in [-0.2, 0) is 11.0 Å². The van der Waals surface area contributed by atoms with Crippen LogP contribution in [-0.4, -0.2) is 17.9 Å². The van der Waals surface area contributed by atoms with E-state index >= 15 is 0 Å². The van der Waals surface area contributed by atoms with E-state index in [-0.39, 0.29) is 16.7 Å². The molecule has 0 amide bonds. The zero-order valence-corrected chi connectivity index (χ0v) is 16.0. The molecule has 0 saturated carbocycles. The predicted molar refractivity (Wildman–Crippen MR) is 105 cm³/mol. The molecule has 0 bridgehead atoms. The first-order chi connectivity index (χ1) is 13.0. The van der Waals surface area contributed by atoms with Crippen molar-refractivity contribution in [2.24, 2.45) is 0 Å². The van der Waals surface area contributed by atoms with E-state index in [0.717, 1.165) is 10.9 Å². The molecule has 0 aliphatic heterocycles. The van der Waals surface area contributed by atoms with Crippen LogP contribution < -0.4 is 4.74 Å². The summed E-state index contributed by atoms with van der Waals surface area (Å²) in [7, 11) is 0. The molecule has 5 heteroatoms. The van der Waals surface area contributed by atoms with Crippen molar-refractivity contribution in [2.75, 3.05) is 6.61 Å². The molecular weight excluding hydrogens is 365 g/mol. The minimum Gasteiger partial charge on any atom is -0.490 e. The van der Waals surface area contributed by atoms with E-state index in [1.807, 2.05) is 39.0 Å². The summed E-state index contributed by atoms with van der Waals surface area (Å²) in [5, 5.41) is 12.0. The average molecular weight is 388 g/mol. The van der Waals surface area contributed by atoms with Crippen molar-refractivity contribution in [2.45, 2.75) is 38.0 Å². The van der Waals surface area contributed by atoms with E-state index in [9.17, 15) is 18.3 Å². The molecule has 1 atom stereocenters. The smallest absolute Gasteiger partial charge is 0.424 e. The van der Waals surface area contributed by atoms with Crippen molar-refractivity contribution >= 4 is 10.8 Å². The van der Waals surface area contributed by atoms with E-state index in [2.05, 4.69) is 0 Å². The summed E-state index contributed by atoms with van der Waals surface area (Å²) >= 11 is 0. The van der Waals surface area contributed by atoms with Crippen molar-refractivity contribution in [1.82, 2.24) is 0 Å². The van der Waals surface area contributed by atoms with Gasteiger partial charge in [-0.15, -0.1) is 0 Å². The zero-order valence-electron chi connectivity index (χ0n) is 16.0. The highest BCUT2D eigenvalue weighted by atomic mass is 19.4. The maximum Gasteiger partial charge on any atom is 0.424 e. The van der Waals surface area contributed by atoms with E-state index in [1.54, 1.807) is 36.4 Å². The Bertz CT molecular complexity index is 956. The highest BCUT2D eigenvalue weighted by Gasteiger charge is 2.56. The molecule has 0 aliphatic carbocycles. The molecule has 0 radical (unpaired) electrons. The quantitative estimate of drug-likeness (QED) is 0.597. The van der Waals surface area contributed by atoms with Crippen molar-refractivity contribution < 1.29 is 23.0 Å². The van der Waals surface area contributed by atoms with Gasteiger partial charge in [0.1, 0.15) is 12.4 Å². The van der Waals surface area contributed by atoms with Gasteiger partial charge in [0, 0.05) is 0 Å². The molecule has 1 unspecified atom stereocenters. The van der Waals surface area contributed by atoms with Crippen LogP contribution in [0.5, 0.6) is 5.75 Å². The summed E-state index contributed by atoms with van der Waals surface area (Å²) in [6.07, 6.45) is -4.89. The Kier molecular flexibility index (Phi) is 5.15. The van der Waals surface area contributed by atoms with Gasteiger partial charge in [-0.05, 0) is 45.5 Å². The summed E-state index contributed by atoms with van der Waals surface area (Å²) in [4.78, 5) is 0. The van der Waals surface area contributed by atoms with Gasteiger partial charge in [-0.1, -0.05) is 69.3 Å². The van der Waals surface area contributed by atoms with Gasteiger partial charge in [0.2, 0.25) is 5.60 Å². The van der Waals surface area contributed by atoms with Crippen molar-refractivity contribution in [3.63, 3.8) is 0 Å². The summed E-state index contributed by atoms with van der Waals surface area (Å²) in [5.74, 6) is 0.275. The molecule has 3 rings (SSSR count). The van der Waals surface area contributed by atoms with Crippen LogP contribution in [0.4, 0.5) is 13.2 Å². The molecule has 3 aromatic carbocycles. The number of alkyl halides is 3. The number of benzene rings is 3. The van der Waals surface area contributed by atoms with Gasteiger partial charge in [-0.25, -0.2) is 0 Å². The number of ether oxygens (including phenoxy) is 1. The molecular formula is C23H23F3O2. The third-order valence-electron chi connectivity index (χ3n) is 4.86. The number of hydrogen-bond donors (Lipinski definition) is 1. The topological polar surface area (TPSA) is 29.5 Å². The van der Waals surface area contributed by atoms with Crippen LogP contribution in [0, 0.1) is 0 Å². The molecule has 1 N–H and O–H groups in total. The molecule has 148 valence electrons. The number of rotatable bonds is 4. The third-order valence-corrected chi connectivity index (χ3v) is 4.86. The maximum absolute atomic E-state index is 13.8. The highest BCUT2D eigenvalue weighted by molar-refractivity contribution is 5.83. The van der Waals surface area contributed by atoms with Crippen LogP contribution in [0.25, 0.3) is 10.8 Å². The second-order valence-corrected chi connectivity index (χ2v) is 7.98. The number of aliphatic hydroxyl groups is 1. The number of halogens is 3. The summed E-state index contributed by atoms with van der Waals surface area (Å²) < 4.78 is 46.7. The lowest BCUT2D eigenvalue weighted by Crippen LogP contribution is -2.47. The van der Waals surface area contributed by atoms with Crippen molar-refractivity contribution in [3.8, 4) is 5.75 Å². The van der Waals surface area contributed by atoms with Crippen molar-refractivity contribution in [1.29, 1.82) is 0 Å². The summed E-state index contributed by atoms with van der Waals surface area (Å²) in [5.41, 5.74) is -2.39. The van der Waals surface area contributed by atoms with Gasteiger partial charge in [0.05, 0.1) is 0 Å². The van der Waals surface area contributed by atoms with Gasteiger partial charge < -0.3 is 9.84 Å². The average Bonchev–Trinajstić information content (AvgIpc) is 2.64. The van der Waals surface area contributed by atoms with Gasteiger partial charge in [0.25, 0.3) is 0 Å². The molecule has 28 heavy (non-hydrogen) atoms. The van der Waals surface area contributed by atoms with Crippen molar-refractivity contribution in [3.05, 3.63) is 77.9 Å². The van der Waals surface area contributed by atoms with Crippen LogP contribution in [0.2, 0.25) is 0 Å². The highest BCUT2D eigenvalue weighted by Crippen LogP contribution is 2.40. The lowest BCUT2D eigenvalue weighted by Gasteiger charge is -2.31. The fraction of sp³-hybridized carbons (Fsp3) is 0.304. The van der Waals surface area contributed by atoms with E-state index in [1.165, 1.54) is 12.1 Å². The molecule has 0 fully saturated rings. The SMILES string of the molecule is CC(C)(C)c1ccc(OCC(O)(c2ccc3ccccc3c2)C(F)(F)F)cc1. The second-order valence-electron chi connectivity index (χ2n) is 7.98. The Morgan fingerprint density at radius 2 is 1.36 bits per heavy atom. The third kappa shape index (κ3) is 3.99. The normalized spacial score (nSPS) is 14.7. The predicted octanol–water partition coefficient (Wildman–Crippen LogP) is 5.97. The van der Waals surface area contributed by atoms with E-state index < -0.39 is 18.4 Å². The van der Waals surface area contributed by atoms with Crippen LogP contribution >= 0.6 is 0 Å². The summed E-state index contributed by atoms with van der Waals surface area (Å²) in [6.45, 7) is 5.21. The maximum atomic E-state index is 13.8. The Labute approximate surface area is 162 Å². The number of fused-ring (bicyclic) bond motifs is 1. The van der Waals surface area contributed by atoms with Crippen LogP contribution in [0.1, 0.15) is 31.9 Å². The molecule has 2 nitrogen and oxygen atoms in total. The molecule has 0 heterocycles. The number of hydrogen-bond acceptors (Lipinski definition) is 2. The Morgan fingerprint density at radius 3 is 1.93 bits per heavy atom. The van der Waals surface area contributed by atoms with E-state index in [4.69, 9.17) is 4.74 Å². The first-order valence-electron chi connectivity index (χ1n) is 9.02. The fourth-order valence-electron chi connectivity index (χ4n) is 3.01. The molecule has 3 aromatic rings. The van der Waals surface area contributed by atoms with Gasteiger partial charge in [-0.2, -0.15) is 13.2 Å². The second kappa shape index (κ2) is 7.13. The minimum absolute atomic E-state index is 0.0731. The molecule has 0 aliphatic rings. The van der Waals surface area contributed by atoms with Crippen LogP contribution in [0.15, 0.2) is 66.7 Å². The summed E-state index contributed by atoms with van der Waals surface area (Å²) in [6, 6.07) is 18.2. The largest absolute Gasteiger partial charge is 0.490 e. The van der Waals surface area contributed by atoms with Gasteiger partial charge >= 0.3 is 6.18 Å². The Morgan fingerprint density at radius 1 is 0.786 bits per heavy atom. The molecule has 0 aromatic heterocycles. The molecule has 0 spiro atoms.